The van der Waals surface area contributed by atoms with Gasteiger partial charge in [-0.15, -0.1) is 0 Å². The normalized spacial score (nSPS) is 10.8. The van der Waals surface area contributed by atoms with E-state index in [0.29, 0.717) is 0 Å². The Hall–Kier alpha value is -1.95. The second-order valence-corrected chi connectivity index (χ2v) is 5.78. The number of nitriles is 1. The summed E-state index contributed by atoms with van der Waals surface area (Å²) in [5.74, 6) is -0.181. The van der Waals surface area contributed by atoms with Crippen LogP contribution in [-0.4, -0.2) is 23.4 Å². The number of aromatic nitrogens is 3. The van der Waals surface area contributed by atoms with Gasteiger partial charge in [0.25, 0.3) is 10.0 Å². The lowest BCUT2D eigenvalue weighted by Crippen LogP contribution is -2.16. The number of nitrogens with one attached hydrogen (secondary N) is 1. The van der Waals surface area contributed by atoms with Gasteiger partial charge in [-0.05, 0) is 12.1 Å². The number of hydrogen-bond acceptors (Lipinski definition) is 6. The molecule has 0 saturated heterocycles. The van der Waals surface area contributed by atoms with Crippen molar-refractivity contribution in [3.05, 3.63) is 40.5 Å². The standard InChI is InChI=1S/C10H5Cl2N5O2S/c11-8-9(12)15-5-16-10(8)17-20(18,19)7-2-1-3-14-6(7)4-13/h1-3,5H,(H,15,16,17). The van der Waals surface area contributed by atoms with Crippen molar-refractivity contribution < 1.29 is 8.42 Å². The van der Waals surface area contributed by atoms with Crippen LogP contribution in [0.2, 0.25) is 10.2 Å². The molecule has 0 spiro atoms. The van der Waals surface area contributed by atoms with Crippen molar-refractivity contribution in [1.82, 2.24) is 15.0 Å². The number of rotatable bonds is 3. The molecule has 1 N–H and O–H groups in total. The lowest BCUT2D eigenvalue weighted by atomic mass is 10.4. The fourth-order valence-corrected chi connectivity index (χ4v) is 2.76. The van der Waals surface area contributed by atoms with Crippen molar-refractivity contribution in [2.75, 3.05) is 4.72 Å². The summed E-state index contributed by atoms with van der Waals surface area (Å²) in [7, 11) is -4.06. The highest BCUT2D eigenvalue weighted by Gasteiger charge is 2.21. The van der Waals surface area contributed by atoms with E-state index in [1.54, 1.807) is 6.07 Å². The quantitative estimate of drug-likeness (QED) is 0.860. The van der Waals surface area contributed by atoms with Gasteiger partial charge in [0, 0.05) is 6.20 Å². The Labute approximate surface area is 124 Å². The monoisotopic (exact) mass is 329 g/mol. The number of halogens is 2. The van der Waals surface area contributed by atoms with Crippen LogP contribution >= 0.6 is 23.2 Å². The summed E-state index contributed by atoms with van der Waals surface area (Å²) in [5, 5.41) is 8.64. The fraction of sp³-hybridized carbons (Fsp3) is 0. The van der Waals surface area contributed by atoms with Crippen molar-refractivity contribution in [3.8, 4) is 6.07 Å². The molecule has 2 heterocycles. The highest BCUT2D eigenvalue weighted by atomic mass is 35.5. The second kappa shape index (κ2) is 5.58. The maximum atomic E-state index is 12.2. The van der Waals surface area contributed by atoms with Crippen molar-refractivity contribution in [2.24, 2.45) is 0 Å². The number of hydrogen-bond donors (Lipinski definition) is 1. The lowest BCUT2D eigenvalue weighted by molar-refractivity contribution is 0.600. The molecule has 0 aliphatic carbocycles. The molecule has 20 heavy (non-hydrogen) atoms. The molecular weight excluding hydrogens is 325 g/mol. The van der Waals surface area contributed by atoms with Gasteiger partial charge < -0.3 is 0 Å². The summed E-state index contributed by atoms with van der Waals surface area (Å²) in [6.07, 6.45) is 2.37. The zero-order valence-electron chi connectivity index (χ0n) is 9.58. The minimum atomic E-state index is -4.06. The van der Waals surface area contributed by atoms with Crippen molar-refractivity contribution in [1.29, 1.82) is 5.26 Å². The van der Waals surface area contributed by atoms with E-state index in [0.717, 1.165) is 6.33 Å². The SMILES string of the molecule is N#Cc1ncccc1S(=O)(=O)Nc1ncnc(Cl)c1Cl. The van der Waals surface area contributed by atoms with Gasteiger partial charge in [0.2, 0.25) is 0 Å². The largest absolute Gasteiger partial charge is 0.265 e. The Morgan fingerprint density at radius 1 is 1.25 bits per heavy atom. The third-order valence-electron chi connectivity index (χ3n) is 2.14. The predicted octanol–water partition coefficient (Wildman–Crippen LogP) is 1.85. The third kappa shape index (κ3) is 2.80. The van der Waals surface area contributed by atoms with Crippen LogP contribution in [0.1, 0.15) is 5.69 Å². The Bertz CT molecular complexity index is 804. The molecule has 2 aromatic heterocycles. The maximum absolute atomic E-state index is 12.2. The molecule has 0 aliphatic heterocycles. The van der Waals surface area contributed by atoms with Gasteiger partial charge in [-0.25, -0.2) is 23.4 Å². The fourth-order valence-electron chi connectivity index (χ4n) is 1.29. The van der Waals surface area contributed by atoms with Crippen LogP contribution in [0.3, 0.4) is 0 Å². The molecule has 0 radical (unpaired) electrons. The van der Waals surface area contributed by atoms with Crippen molar-refractivity contribution in [3.63, 3.8) is 0 Å². The first-order chi connectivity index (χ1) is 9.45. The summed E-state index contributed by atoms with van der Waals surface area (Å²) >= 11 is 11.5. The molecule has 0 saturated carbocycles. The molecule has 0 fully saturated rings. The van der Waals surface area contributed by atoms with Crippen LogP contribution in [-0.2, 0) is 10.0 Å². The summed E-state index contributed by atoms with van der Waals surface area (Å²) in [4.78, 5) is 10.7. The van der Waals surface area contributed by atoms with Gasteiger partial charge in [0.15, 0.2) is 16.7 Å². The molecule has 0 aliphatic rings. The average Bonchev–Trinajstić information content (AvgIpc) is 2.43. The minimum absolute atomic E-state index is 0.0916. The van der Waals surface area contributed by atoms with E-state index in [9.17, 15) is 8.42 Å². The Morgan fingerprint density at radius 3 is 2.70 bits per heavy atom. The van der Waals surface area contributed by atoms with Gasteiger partial charge in [-0.1, -0.05) is 23.2 Å². The van der Waals surface area contributed by atoms with E-state index in [2.05, 4.69) is 19.7 Å². The van der Waals surface area contributed by atoms with E-state index in [1.807, 2.05) is 0 Å². The minimum Gasteiger partial charge on any atom is -0.262 e. The molecule has 102 valence electrons. The van der Waals surface area contributed by atoms with Gasteiger partial charge in [0.05, 0.1) is 0 Å². The van der Waals surface area contributed by atoms with Crippen LogP contribution in [0.25, 0.3) is 0 Å². The Balaban J connectivity index is 2.47. The predicted molar refractivity (Wildman–Crippen MR) is 71.8 cm³/mol. The molecule has 10 heteroatoms. The van der Waals surface area contributed by atoms with Crippen molar-refractivity contribution >= 4 is 39.0 Å². The van der Waals surface area contributed by atoms with E-state index >= 15 is 0 Å². The topological polar surface area (TPSA) is 109 Å². The number of sulfonamides is 1. The first-order valence-electron chi connectivity index (χ1n) is 4.99. The molecular formula is C10H5Cl2N5O2S. The van der Waals surface area contributed by atoms with E-state index in [4.69, 9.17) is 28.5 Å². The van der Waals surface area contributed by atoms with Crippen LogP contribution in [0.5, 0.6) is 0 Å². The summed E-state index contributed by atoms with van der Waals surface area (Å²) in [6, 6.07) is 4.32. The molecule has 2 aromatic rings. The Morgan fingerprint density at radius 2 is 2.00 bits per heavy atom. The van der Waals surface area contributed by atoms with E-state index in [-0.39, 0.29) is 26.6 Å². The summed E-state index contributed by atoms with van der Waals surface area (Å²) < 4.78 is 26.5. The number of nitrogens with zero attached hydrogens (tertiary/aromatic N) is 4. The highest BCUT2D eigenvalue weighted by molar-refractivity contribution is 7.92. The van der Waals surface area contributed by atoms with Crippen LogP contribution in [0, 0.1) is 11.3 Å². The molecule has 2 rings (SSSR count). The molecule has 0 bridgehead atoms. The average molecular weight is 330 g/mol. The maximum Gasteiger partial charge on any atom is 0.265 e. The number of anilines is 1. The smallest absolute Gasteiger partial charge is 0.262 e. The van der Waals surface area contributed by atoms with Gasteiger partial charge in [-0.2, -0.15) is 5.26 Å². The van der Waals surface area contributed by atoms with Crippen LogP contribution in [0.4, 0.5) is 5.82 Å². The van der Waals surface area contributed by atoms with Gasteiger partial charge in [0.1, 0.15) is 22.3 Å². The Kier molecular flexibility index (Phi) is 4.04. The summed E-state index contributed by atoms with van der Waals surface area (Å²) in [6.45, 7) is 0. The third-order valence-corrected chi connectivity index (χ3v) is 4.26. The molecule has 0 atom stereocenters. The first kappa shape index (κ1) is 14.5. The summed E-state index contributed by atoms with van der Waals surface area (Å²) in [5.41, 5.74) is -0.240. The molecule has 0 aromatic carbocycles. The first-order valence-corrected chi connectivity index (χ1v) is 7.23. The van der Waals surface area contributed by atoms with Crippen LogP contribution in [0.15, 0.2) is 29.6 Å². The zero-order chi connectivity index (χ0) is 14.8. The zero-order valence-corrected chi connectivity index (χ0v) is 11.9. The molecule has 0 amide bonds. The van der Waals surface area contributed by atoms with E-state index in [1.165, 1.54) is 18.3 Å². The lowest BCUT2D eigenvalue weighted by Gasteiger charge is -2.09. The molecule has 7 nitrogen and oxygen atoms in total. The van der Waals surface area contributed by atoms with E-state index < -0.39 is 10.0 Å². The molecule has 0 unspecified atom stereocenters. The second-order valence-electron chi connectivity index (χ2n) is 3.39. The van der Waals surface area contributed by atoms with Crippen molar-refractivity contribution in [2.45, 2.75) is 4.90 Å². The highest BCUT2D eigenvalue weighted by Crippen LogP contribution is 2.27. The van der Waals surface area contributed by atoms with Gasteiger partial charge in [-0.3, -0.25) is 4.72 Å². The van der Waals surface area contributed by atoms with Gasteiger partial charge >= 0.3 is 0 Å². The van der Waals surface area contributed by atoms with Crippen LogP contribution < -0.4 is 4.72 Å². The number of pyridine rings is 1.